The number of pyridine rings is 2. The van der Waals surface area contributed by atoms with Crippen molar-refractivity contribution in [3.8, 4) is 22.1 Å². The molecule has 5 aromatic rings. The molecule has 3 heterocycles. The lowest BCUT2D eigenvalue weighted by molar-refractivity contribution is 0.0938. The molecule has 3 aromatic heterocycles. The van der Waals surface area contributed by atoms with Gasteiger partial charge in [0.25, 0.3) is 0 Å². The van der Waals surface area contributed by atoms with E-state index in [2.05, 4.69) is 35.2 Å². The molecular formula is C30H29FN5O4PS. The number of benzene rings is 2. The van der Waals surface area contributed by atoms with E-state index in [9.17, 15) is 9.18 Å². The quantitative estimate of drug-likeness (QED) is 0.109. The Labute approximate surface area is 248 Å². The normalized spacial score (nSPS) is 11.0. The minimum atomic E-state index is -0.618. The van der Waals surface area contributed by atoms with Crippen LogP contribution < -0.4 is 26.0 Å². The summed E-state index contributed by atoms with van der Waals surface area (Å²) in [6.07, 6.45) is 3.43. The van der Waals surface area contributed by atoms with Gasteiger partial charge in [-0.1, -0.05) is 18.2 Å². The van der Waals surface area contributed by atoms with Gasteiger partial charge in [0.05, 0.1) is 40.6 Å². The fourth-order valence-corrected chi connectivity index (χ4v) is 5.36. The summed E-state index contributed by atoms with van der Waals surface area (Å²) in [5.74, 6) is -0.127. The van der Waals surface area contributed by atoms with Gasteiger partial charge in [0.15, 0.2) is 11.6 Å². The van der Waals surface area contributed by atoms with E-state index in [0.717, 1.165) is 26.1 Å². The van der Waals surface area contributed by atoms with Crippen LogP contribution >= 0.6 is 20.6 Å². The number of urea groups is 1. The molecule has 0 radical (unpaired) electrons. The minimum absolute atomic E-state index is 0.0183. The van der Waals surface area contributed by atoms with Crippen LogP contribution in [-0.4, -0.2) is 47.5 Å². The van der Waals surface area contributed by atoms with E-state index in [4.69, 9.17) is 14.6 Å². The largest absolute Gasteiger partial charge is 0.453 e. The van der Waals surface area contributed by atoms with E-state index < -0.39 is 11.8 Å². The molecule has 0 saturated carbocycles. The Hall–Kier alpha value is -3.99. The first-order chi connectivity index (χ1) is 20.5. The summed E-state index contributed by atoms with van der Waals surface area (Å²) in [5, 5.41) is 18.3. The van der Waals surface area contributed by atoms with Crippen molar-refractivity contribution in [1.82, 2.24) is 15.3 Å². The van der Waals surface area contributed by atoms with E-state index in [1.165, 1.54) is 23.5 Å². The number of carbonyl (C=O) groups excluding carboxylic acids is 1. The molecule has 9 nitrogen and oxygen atoms in total. The first-order valence-electron chi connectivity index (χ1n) is 13.1. The standard InChI is InChI=1S/C30H29FN5O4PS/c31-23-15-21(36-30(38)35-20-2-1-3-22(41)14-20)5-7-26(23)40-27-8-9-33-25-16-28(42-29(25)27)24-6-4-19(18-34-24)17-32-10-12-39-13-11-37/h1-9,14-16,18,32,37H,10-13,17,41H2,(H2,35,36,38). The van der Waals surface area contributed by atoms with Crippen molar-refractivity contribution in [3.63, 3.8) is 0 Å². The van der Waals surface area contributed by atoms with Gasteiger partial charge in [0.1, 0.15) is 5.75 Å². The molecule has 0 aliphatic rings. The molecule has 12 heteroatoms. The lowest BCUT2D eigenvalue weighted by Gasteiger charge is -2.11. The summed E-state index contributed by atoms with van der Waals surface area (Å²) in [6.45, 7) is 2.21. The number of ether oxygens (including phenoxy) is 2. The Bertz CT molecular complexity index is 1670. The average molecular weight is 606 g/mol. The van der Waals surface area contributed by atoms with Crippen molar-refractivity contribution >= 4 is 53.5 Å². The number of hydrogen-bond donors (Lipinski definition) is 4. The number of aromatic nitrogens is 2. The second-order valence-electron chi connectivity index (χ2n) is 9.15. The third kappa shape index (κ3) is 7.84. The number of fused-ring (bicyclic) bond motifs is 1. The summed E-state index contributed by atoms with van der Waals surface area (Å²) >= 11 is 1.46. The van der Waals surface area contributed by atoms with Crippen LogP contribution in [0.5, 0.6) is 11.5 Å². The third-order valence-corrected chi connectivity index (χ3v) is 7.52. The van der Waals surface area contributed by atoms with Crippen molar-refractivity contribution in [2.75, 3.05) is 37.0 Å². The molecule has 0 fully saturated rings. The summed E-state index contributed by atoms with van der Waals surface area (Å²) in [4.78, 5) is 22.3. The number of halogens is 1. The minimum Gasteiger partial charge on any atom is -0.453 e. The molecule has 4 N–H and O–H groups in total. The Morgan fingerprint density at radius 1 is 0.976 bits per heavy atom. The number of thiophene rings is 1. The molecule has 5 rings (SSSR count). The molecule has 0 aliphatic carbocycles. The summed E-state index contributed by atoms with van der Waals surface area (Å²) < 4.78 is 26.9. The number of nitrogens with zero attached hydrogens (tertiary/aromatic N) is 2. The highest BCUT2D eigenvalue weighted by Crippen LogP contribution is 2.39. The molecule has 42 heavy (non-hydrogen) atoms. The maximum absolute atomic E-state index is 15.0. The van der Waals surface area contributed by atoms with Crippen LogP contribution in [0.1, 0.15) is 5.56 Å². The van der Waals surface area contributed by atoms with Crippen LogP contribution in [0.2, 0.25) is 0 Å². The summed E-state index contributed by atoms with van der Waals surface area (Å²) in [5.41, 5.74) is 3.45. The van der Waals surface area contributed by atoms with Crippen LogP contribution in [0.15, 0.2) is 79.1 Å². The maximum atomic E-state index is 15.0. The van der Waals surface area contributed by atoms with Crippen molar-refractivity contribution in [2.24, 2.45) is 0 Å². The average Bonchev–Trinajstić information content (AvgIpc) is 3.42. The van der Waals surface area contributed by atoms with E-state index >= 15 is 0 Å². The van der Waals surface area contributed by atoms with Crippen molar-refractivity contribution in [1.29, 1.82) is 0 Å². The first-order valence-corrected chi connectivity index (χ1v) is 14.5. The molecule has 0 bridgehead atoms. The Morgan fingerprint density at radius 2 is 1.83 bits per heavy atom. The topological polar surface area (TPSA) is 118 Å². The SMILES string of the molecule is O=C(Nc1cccc(P)c1)Nc1ccc(Oc2ccnc3cc(-c4ccc(CNCCOCCO)cn4)sc23)c(F)c1. The molecule has 0 spiro atoms. The van der Waals surface area contributed by atoms with Gasteiger partial charge in [-0.3, -0.25) is 9.97 Å². The predicted molar refractivity (Wildman–Crippen MR) is 167 cm³/mol. The first kappa shape index (κ1) is 29.5. The predicted octanol–water partition coefficient (Wildman–Crippen LogP) is 5.53. The fraction of sp³-hybridized carbons (Fsp3) is 0.167. The molecule has 1 unspecified atom stereocenters. The molecule has 0 saturated heterocycles. The van der Waals surface area contributed by atoms with Crippen LogP contribution in [0, 0.1) is 5.82 Å². The van der Waals surface area contributed by atoms with Crippen LogP contribution in [0.25, 0.3) is 20.8 Å². The zero-order valence-corrected chi connectivity index (χ0v) is 24.4. The molecule has 1 atom stereocenters. The molecule has 0 aliphatic heterocycles. The van der Waals surface area contributed by atoms with Gasteiger partial charge in [-0.05, 0) is 47.3 Å². The van der Waals surface area contributed by atoms with Crippen molar-refractivity contribution < 1.29 is 23.8 Å². The van der Waals surface area contributed by atoms with Gasteiger partial charge in [-0.25, -0.2) is 9.18 Å². The summed E-state index contributed by atoms with van der Waals surface area (Å²) in [7, 11) is 2.56. The number of rotatable bonds is 12. The van der Waals surface area contributed by atoms with E-state index in [1.807, 2.05) is 36.5 Å². The number of amides is 2. The molecular weight excluding hydrogens is 576 g/mol. The monoisotopic (exact) mass is 605 g/mol. The van der Waals surface area contributed by atoms with Gasteiger partial charge in [0, 0.05) is 49.0 Å². The van der Waals surface area contributed by atoms with Gasteiger partial charge in [-0.15, -0.1) is 20.6 Å². The Kier molecular flexibility index (Phi) is 10.0. The third-order valence-electron chi connectivity index (χ3n) is 6.00. The molecule has 2 amide bonds. The Balaban J connectivity index is 1.23. The maximum Gasteiger partial charge on any atom is 0.323 e. The number of aliphatic hydroxyl groups excluding tert-OH is 1. The van der Waals surface area contributed by atoms with Crippen LogP contribution in [0.4, 0.5) is 20.6 Å². The van der Waals surface area contributed by atoms with E-state index in [0.29, 0.717) is 43.3 Å². The van der Waals surface area contributed by atoms with Gasteiger partial charge in [0.2, 0.25) is 0 Å². The number of carbonyl (C=O) groups is 1. The Morgan fingerprint density at radius 3 is 2.60 bits per heavy atom. The lowest BCUT2D eigenvalue weighted by Crippen LogP contribution is -2.20. The van der Waals surface area contributed by atoms with Crippen molar-refractivity contribution in [2.45, 2.75) is 6.54 Å². The van der Waals surface area contributed by atoms with Crippen LogP contribution in [-0.2, 0) is 11.3 Å². The lowest BCUT2D eigenvalue weighted by atomic mass is 10.2. The van der Waals surface area contributed by atoms with Crippen LogP contribution in [0.3, 0.4) is 0 Å². The smallest absolute Gasteiger partial charge is 0.323 e. The second kappa shape index (κ2) is 14.3. The number of anilines is 2. The molecule has 2 aromatic carbocycles. The fourth-order valence-electron chi connectivity index (χ4n) is 4.03. The van der Waals surface area contributed by atoms with Gasteiger partial charge in [-0.2, -0.15) is 0 Å². The zero-order valence-electron chi connectivity index (χ0n) is 22.5. The second-order valence-corrected chi connectivity index (χ2v) is 10.9. The highest BCUT2D eigenvalue weighted by molar-refractivity contribution is 7.27. The highest BCUT2D eigenvalue weighted by Gasteiger charge is 2.14. The number of aliphatic hydroxyl groups is 1. The highest BCUT2D eigenvalue weighted by atomic mass is 32.1. The van der Waals surface area contributed by atoms with Gasteiger partial charge >= 0.3 is 6.03 Å². The number of hydrogen-bond acceptors (Lipinski definition) is 8. The summed E-state index contributed by atoms with van der Waals surface area (Å²) in [6, 6.07) is 18.6. The van der Waals surface area contributed by atoms with E-state index in [-0.39, 0.29) is 18.0 Å². The number of nitrogens with one attached hydrogen (secondary N) is 3. The molecule has 216 valence electrons. The van der Waals surface area contributed by atoms with Crippen molar-refractivity contribution in [3.05, 3.63) is 90.5 Å². The van der Waals surface area contributed by atoms with E-state index in [1.54, 1.807) is 30.5 Å². The van der Waals surface area contributed by atoms with Gasteiger partial charge < -0.3 is 30.5 Å². The zero-order chi connectivity index (χ0) is 29.3.